The van der Waals surface area contributed by atoms with Gasteiger partial charge in [-0.2, -0.15) is 0 Å². The van der Waals surface area contributed by atoms with E-state index in [1.54, 1.807) is 0 Å². The van der Waals surface area contributed by atoms with E-state index in [-0.39, 0.29) is 25.8 Å². The second-order valence-electron chi connectivity index (χ2n) is 17.5. The Hall–Kier alpha value is -0.760. The highest BCUT2D eigenvalue weighted by Crippen LogP contribution is 2.38. The lowest BCUT2D eigenvalue weighted by molar-refractivity contribution is -0.870. The Balaban J connectivity index is 4.10. The predicted octanol–water partition coefficient (Wildman–Crippen LogP) is 13.6. The average molecular weight is 816 g/mol. The molecule has 2 unspecified atom stereocenters. The number of carbonyl (C=O) groups excluding carboxylic acids is 1. The van der Waals surface area contributed by atoms with E-state index >= 15 is 0 Å². The quantitative estimate of drug-likeness (QED) is 0.0199. The number of ether oxygens (including phenoxy) is 2. The molecule has 0 aliphatic heterocycles. The molecule has 0 aliphatic carbocycles. The van der Waals surface area contributed by atoms with E-state index in [0.29, 0.717) is 24.1 Å². The van der Waals surface area contributed by atoms with E-state index < -0.39 is 13.9 Å². The number of quaternary nitrogens is 1. The van der Waals surface area contributed by atoms with Crippen LogP contribution in [-0.2, 0) is 27.9 Å². The van der Waals surface area contributed by atoms with Gasteiger partial charge in [-0.05, 0) is 38.5 Å². The largest absolute Gasteiger partial charge is 0.756 e. The lowest BCUT2D eigenvalue weighted by Gasteiger charge is -2.28. The Kier molecular flexibility index (Phi) is 40.4. The molecule has 8 nitrogen and oxygen atoms in total. The third kappa shape index (κ3) is 44.3. The molecule has 0 N–H and O–H groups in total. The second-order valence-corrected chi connectivity index (χ2v) is 18.9. The molecule has 0 saturated heterocycles. The van der Waals surface area contributed by atoms with E-state index in [1.165, 1.54) is 173 Å². The monoisotopic (exact) mass is 816 g/mol. The van der Waals surface area contributed by atoms with Crippen LogP contribution in [-0.4, -0.2) is 70.7 Å². The SMILES string of the molecule is CCCCC/C=C\CCCCCCCCOCC(COP(=O)([O-])OCC[N+](C)(C)C)OC(=O)CCCCCCCCCCCCCCCCCCCCCCC. The number of unbranched alkanes of at least 4 members (excludes halogenated alkanes) is 29. The Labute approximate surface area is 348 Å². The molecule has 334 valence electrons. The standard InChI is InChI=1S/C47H94NO7P/c1-6-8-10-12-14-16-18-20-21-22-23-24-25-26-27-28-30-32-34-36-38-40-47(49)55-46(45-54-56(50,51)53-43-41-48(3,4)5)44-52-42-39-37-35-33-31-29-19-17-15-13-11-9-7-2/h15,17,46H,6-14,16,18-45H2,1-5H3/b17-15-. The van der Waals surface area contributed by atoms with Crippen molar-refractivity contribution in [2.24, 2.45) is 0 Å². The van der Waals surface area contributed by atoms with Crippen molar-refractivity contribution in [3.8, 4) is 0 Å². The molecule has 0 rings (SSSR count). The van der Waals surface area contributed by atoms with E-state index in [2.05, 4.69) is 26.0 Å². The smallest absolute Gasteiger partial charge is 0.306 e. The molecule has 0 saturated carbocycles. The number of allylic oxidation sites excluding steroid dienone is 2. The van der Waals surface area contributed by atoms with E-state index in [4.69, 9.17) is 18.5 Å². The first-order valence-corrected chi connectivity index (χ1v) is 25.4. The third-order valence-corrected chi connectivity index (χ3v) is 11.5. The number of carbonyl (C=O) groups is 1. The molecular formula is C47H94NO7P. The second kappa shape index (κ2) is 41.0. The van der Waals surface area contributed by atoms with Gasteiger partial charge in [-0.1, -0.05) is 193 Å². The predicted molar refractivity (Wildman–Crippen MR) is 236 cm³/mol. The summed E-state index contributed by atoms with van der Waals surface area (Å²) in [4.78, 5) is 25.1. The summed E-state index contributed by atoms with van der Waals surface area (Å²) in [5.41, 5.74) is 0. The minimum absolute atomic E-state index is 0.0282. The summed E-state index contributed by atoms with van der Waals surface area (Å²) in [6, 6.07) is 0. The van der Waals surface area contributed by atoms with Crippen molar-refractivity contribution in [1.29, 1.82) is 0 Å². The maximum Gasteiger partial charge on any atom is 0.306 e. The highest BCUT2D eigenvalue weighted by atomic mass is 31.2. The van der Waals surface area contributed by atoms with Crippen LogP contribution < -0.4 is 4.89 Å². The van der Waals surface area contributed by atoms with Crippen molar-refractivity contribution < 1.29 is 37.3 Å². The number of phosphoric acid groups is 1. The van der Waals surface area contributed by atoms with Crippen molar-refractivity contribution in [2.75, 3.05) is 54.1 Å². The number of esters is 1. The number of nitrogens with zero attached hydrogens (tertiary/aromatic N) is 1. The Bertz CT molecular complexity index is 909. The molecular weight excluding hydrogens is 721 g/mol. The van der Waals surface area contributed by atoms with Crippen molar-refractivity contribution in [2.45, 2.75) is 232 Å². The zero-order chi connectivity index (χ0) is 41.3. The zero-order valence-electron chi connectivity index (χ0n) is 37.9. The third-order valence-electron chi connectivity index (χ3n) is 10.6. The van der Waals surface area contributed by atoms with Crippen LogP contribution in [0.1, 0.15) is 226 Å². The Morgan fingerprint density at radius 1 is 0.536 bits per heavy atom. The molecule has 2 atom stereocenters. The van der Waals surface area contributed by atoms with E-state index in [1.807, 2.05) is 21.1 Å². The van der Waals surface area contributed by atoms with Crippen LogP contribution in [0.4, 0.5) is 0 Å². The molecule has 0 aromatic rings. The number of hydrogen-bond donors (Lipinski definition) is 0. The summed E-state index contributed by atoms with van der Waals surface area (Å²) in [6.45, 7) is 5.42. The summed E-state index contributed by atoms with van der Waals surface area (Å²) in [5.74, 6) is -0.331. The fourth-order valence-corrected chi connectivity index (χ4v) is 7.57. The molecule has 0 heterocycles. The van der Waals surface area contributed by atoms with E-state index in [9.17, 15) is 14.3 Å². The van der Waals surface area contributed by atoms with Crippen LogP contribution in [0, 0.1) is 0 Å². The summed E-state index contributed by atoms with van der Waals surface area (Å²) in [5, 5.41) is 0. The van der Waals surface area contributed by atoms with Crippen LogP contribution in [0.5, 0.6) is 0 Å². The fourth-order valence-electron chi connectivity index (χ4n) is 6.84. The van der Waals surface area contributed by atoms with Gasteiger partial charge in [-0.15, -0.1) is 0 Å². The van der Waals surface area contributed by atoms with Crippen molar-refractivity contribution in [1.82, 2.24) is 0 Å². The fraction of sp³-hybridized carbons (Fsp3) is 0.936. The lowest BCUT2D eigenvalue weighted by Crippen LogP contribution is -2.37. The lowest BCUT2D eigenvalue weighted by atomic mass is 10.0. The van der Waals surface area contributed by atoms with Gasteiger partial charge in [0.1, 0.15) is 19.3 Å². The Morgan fingerprint density at radius 2 is 0.929 bits per heavy atom. The Morgan fingerprint density at radius 3 is 1.39 bits per heavy atom. The van der Waals surface area contributed by atoms with Gasteiger partial charge in [0.15, 0.2) is 0 Å². The summed E-state index contributed by atoms with van der Waals surface area (Å²) >= 11 is 0. The molecule has 0 radical (unpaired) electrons. The first-order valence-electron chi connectivity index (χ1n) is 23.9. The highest BCUT2D eigenvalue weighted by molar-refractivity contribution is 7.45. The topological polar surface area (TPSA) is 94.1 Å². The summed E-state index contributed by atoms with van der Waals surface area (Å²) in [7, 11) is 1.36. The van der Waals surface area contributed by atoms with Gasteiger partial charge in [0, 0.05) is 13.0 Å². The minimum Gasteiger partial charge on any atom is -0.756 e. The number of hydrogen-bond acceptors (Lipinski definition) is 7. The van der Waals surface area contributed by atoms with Gasteiger partial charge in [0.2, 0.25) is 0 Å². The maximum absolute atomic E-state index is 12.7. The van der Waals surface area contributed by atoms with Crippen molar-refractivity contribution in [3.63, 3.8) is 0 Å². The first kappa shape index (κ1) is 55.2. The molecule has 56 heavy (non-hydrogen) atoms. The summed E-state index contributed by atoms with van der Waals surface area (Å²) < 4.78 is 34.6. The molecule has 9 heteroatoms. The summed E-state index contributed by atoms with van der Waals surface area (Å²) in [6.07, 6.45) is 45.1. The van der Waals surface area contributed by atoms with Crippen molar-refractivity contribution in [3.05, 3.63) is 12.2 Å². The van der Waals surface area contributed by atoms with Crippen LogP contribution >= 0.6 is 7.82 Å². The van der Waals surface area contributed by atoms with Crippen LogP contribution in [0.15, 0.2) is 12.2 Å². The van der Waals surface area contributed by atoms with Gasteiger partial charge < -0.3 is 27.9 Å². The molecule has 0 aliphatic rings. The number of likely N-dealkylation sites (N-methyl/N-ethyl adjacent to an activating group) is 1. The van der Waals surface area contributed by atoms with E-state index in [0.717, 1.165) is 32.1 Å². The molecule has 0 aromatic heterocycles. The van der Waals surface area contributed by atoms with Gasteiger partial charge >= 0.3 is 5.97 Å². The number of phosphoric ester groups is 1. The average Bonchev–Trinajstić information content (AvgIpc) is 3.15. The van der Waals surface area contributed by atoms with Crippen molar-refractivity contribution >= 4 is 13.8 Å². The first-order chi connectivity index (χ1) is 27.1. The molecule has 0 spiro atoms. The van der Waals surface area contributed by atoms with Gasteiger partial charge in [0.25, 0.3) is 7.82 Å². The minimum atomic E-state index is -4.52. The molecule has 0 amide bonds. The van der Waals surface area contributed by atoms with Crippen LogP contribution in [0.2, 0.25) is 0 Å². The van der Waals surface area contributed by atoms with Crippen LogP contribution in [0.25, 0.3) is 0 Å². The van der Waals surface area contributed by atoms with Gasteiger partial charge in [-0.25, -0.2) is 0 Å². The van der Waals surface area contributed by atoms with Crippen LogP contribution in [0.3, 0.4) is 0 Å². The zero-order valence-corrected chi connectivity index (χ0v) is 38.7. The molecule has 0 fully saturated rings. The molecule has 0 aromatic carbocycles. The normalized spacial score (nSPS) is 13.8. The highest BCUT2D eigenvalue weighted by Gasteiger charge is 2.20. The van der Waals surface area contributed by atoms with Gasteiger partial charge in [-0.3, -0.25) is 9.36 Å². The van der Waals surface area contributed by atoms with Gasteiger partial charge in [0.05, 0.1) is 34.4 Å². The molecule has 0 bridgehead atoms. The number of rotatable bonds is 45. The maximum atomic E-state index is 12.7.